The summed E-state index contributed by atoms with van der Waals surface area (Å²) in [6.45, 7) is 0.466. The molecule has 2 atom stereocenters. The Morgan fingerprint density at radius 3 is 2.70 bits per heavy atom. The summed E-state index contributed by atoms with van der Waals surface area (Å²) in [6, 6.07) is 0. The third-order valence-corrected chi connectivity index (χ3v) is 2.01. The van der Waals surface area contributed by atoms with Gasteiger partial charge >= 0.3 is 0 Å². The Bertz CT molecular complexity index is 120. The van der Waals surface area contributed by atoms with Gasteiger partial charge in [0.15, 0.2) is 0 Å². The van der Waals surface area contributed by atoms with Crippen LogP contribution >= 0.6 is 0 Å². The normalized spacial score (nSPS) is 32.6. The molecular formula is C8H14O2. The van der Waals surface area contributed by atoms with Crippen LogP contribution in [0.3, 0.4) is 0 Å². The molecule has 10 heavy (non-hydrogen) atoms. The number of hydrogen-bond donors (Lipinski definition) is 2. The molecule has 0 spiro atoms. The second-order valence-corrected chi connectivity index (χ2v) is 2.89. The van der Waals surface area contributed by atoms with Crippen molar-refractivity contribution in [2.24, 2.45) is 11.8 Å². The van der Waals surface area contributed by atoms with Crippen LogP contribution in [0.15, 0.2) is 12.2 Å². The summed E-state index contributed by atoms with van der Waals surface area (Å²) in [4.78, 5) is 0. The minimum Gasteiger partial charge on any atom is -0.396 e. The second-order valence-electron chi connectivity index (χ2n) is 2.89. The topological polar surface area (TPSA) is 40.5 Å². The van der Waals surface area contributed by atoms with Crippen LogP contribution in [0, 0.1) is 11.8 Å². The van der Waals surface area contributed by atoms with Gasteiger partial charge in [-0.25, -0.2) is 0 Å². The lowest BCUT2D eigenvalue weighted by molar-refractivity contribution is 0.173. The van der Waals surface area contributed by atoms with E-state index in [9.17, 15) is 0 Å². The van der Waals surface area contributed by atoms with E-state index in [0.29, 0.717) is 5.92 Å². The first kappa shape index (κ1) is 7.76. The molecule has 2 N–H and O–H groups in total. The summed E-state index contributed by atoms with van der Waals surface area (Å²) in [5.41, 5.74) is 0. The third kappa shape index (κ3) is 1.82. The lowest BCUT2D eigenvalue weighted by atomic mass is 9.88. The highest BCUT2D eigenvalue weighted by atomic mass is 16.3. The molecule has 0 aromatic carbocycles. The van der Waals surface area contributed by atoms with E-state index in [1.165, 1.54) is 0 Å². The summed E-state index contributed by atoms with van der Waals surface area (Å²) in [6.07, 6.45) is 5.98. The molecule has 2 nitrogen and oxygen atoms in total. The van der Waals surface area contributed by atoms with Gasteiger partial charge in [-0.2, -0.15) is 0 Å². The van der Waals surface area contributed by atoms with Gasteiger partial charge in [-0.05, 0) is 18.8 Å². The first-order valence-electron chi connectivity index (χ1n) is 3.75. The zero-order valence-corrected chi connectivity index (χ0v) is 6.03. The Balaban J connectivity index is 2.38. The van der Waals surface area contributed by atoms with Gasteiger partial charge in [0.1, 0.15) is 0 Å². The molecule has 0 fully saturated rings. The Labute approximate surface area is 61.2 Å². The minimum atomic E-state index is 0.215. The highest BCUT2D eigenvalue weighted by molar-refractivity contribution is 4.95. The third-order valence-electron chi connectivity index (χ3n) is 2.01. The van der Waals surface area contributed by atoms with Crippen LogP contribution in [0.1, 0.15) is 12.8 Å². The molecule has 0 amide bonds. The van der Waals surface area contributed by atoms with Crippen molar-refractivity contribution >= 4 is 0 Å². The summed E-state index contributed by atoms with van der Waals surface area (Å²) in [7, 11) is 0. The van der Waals surface area contributed by atoms with Crippen LogP contribution in [-0.2, 0) is 0 Å². The summed E-state index contributed by atoms with van der Waals surface area (Å²) in [5, 5.41) is 17.6. The smallest absolute Gasteiger partial charge is 0.0493 e. The quantitative estimate of drug-likeness (QED) is 0.553. The molecular weight excluding hydrogens is 128 g/mol. The zero-order valence-electron chi connectivity index (χ0n) is 6.03. The van der Waals surface area contributed by atoms with E-state index >= 15 is 0 Å². The number of aliphatic hydroxyl groups is 2. The van der Waals surface area contributed by atoms with Crippen molar-refractivity contribution in [1.29, 1.82) is 0 Å². The molecule has 1 rings (SSSR count). The molecule has 0 aromatic rings. The van der Waals surface area contributed by atoms with Crippen LogP contribution in [0.2, 0.25) is 0 Å². The molecule has 0 aromatic heterocycles. The fourth-order valence-corrected chi connectivity index (χ4v) is 1.35. The summed E-state index contributed by atoms with van der Waals surface area (Å²) < 4.78 is 0. The Hall–Kier alpha value is -0.340. The maximum Gasteiger partial charge on any atom is 0.0493 e. The van der Waals surface area contributed by atoms with Crippen LogP contribution in [0.5, 0.6) is 0 Å². The van der Waals surface area contributed by atoms with Crippen LogP contribution in [0.4, 0.5) is 0 Å². The molecule has 58 valence electrons. The van der Waals surface area contributed by atoms with Crippen molar-refractivity contribution in [2.45, 2.75) is 12.8 Å². The Morgan fingerprint density at radius 2 is 2.10 bits per heavy atom. The van der Waals surface area contributed by atoms with Crippen molar-refractivity contribution in [1.82, 2.24) is 0 Å². The van der Waals surface area contributed by atoms with E-state index in [2.05, 4.69) is 0 Å². The fourth-order valence-electron chi connectivity index (χ4n) is 1.35. The van der Waals surface area contributed by atoms with E-state index in [0.717, 1.165) is 12.8 Å². The van der Waals surface area contributed by atoms with Gasteiger partial charge in [0.25, 0.3) is 0 Å². The highest BCUT2D eigenvalue weighted by Gasteiger charge is 2.15. The van der Waals surface area contributed by atoms with Gasteiger partial charge in [-0.1, -0.05) is 12.2 Å². The SMILES string of the molecule is OC[C@@H]1C=CC[C@H](CO)C1. The molecule has 1 aliphatic rings. The van der Waals surface area contributed by atoms with Crippen LogP contribution < -0.4 is 0 Å². The van der Waals surface area contributed by atoms with Crippen molar-refractivity contribution in [3.63, 3.8) is 0 Å². The fraction of sp³-hybridized carbons (Fsp3) is 0.750. The van der Waals surface area contributed by atoms with Gasteiger partial charge < -0.3 is 10.2 Å². The van der Waals surface area contributed by atoms with Crippen LogP contribution in [-0.4, -0.2) is 23.4 Å². The Morgan fingerprint density at radius 1 is 1.30 bits per heavy atom. The molecule has 0 unspecified atom stereocenters. The maximum atomic E-state index is 8.79. The van der Waals surface area contributed by atoms with Crippen molar-refractivity contribution in [3.8, 4) is 0 Å². The average molecular weight is 142 g/mol. The largest absolute Gasteiger partial charge is 0.396 e. The number of rotatable bonds is 2. The standard InChI is InChI=1S/C8H14O2/c9-5-7-2-1-3-8(4-7)6-10/h1-2,7-10H,3-6H2/t7-,8+/m1/s1. The van der Waals surface area contributed by atoms with Gasteiger partial charge in [-0.15, -0.1) is 0 Å². The Kier molecular flexibility index (Phi) is 2.90. The van der Waals surface area contributed by atoms with Gasteiger partial charge in [-0.3, -0.25) is 0 Å². The summed E-state index contributed by atoms with van der Waals surface area (Å²) >= 11 is 0. The van der Waals surface area contributed by atoms with Gasteiger partial charge in [0.05, 0.1) is 0 Å². The lowest BCUT2D eigenvalue weighted by Crippen LogP contribution is -2.16. The van der Waals surface area contributed by atoms with Gasteiger partial charge in [0, 0.05) is 19.1 Å². The molecule has 0 saturated carbocycles. The van der Waals surface area contributed by atoms with E-state index in [1.54, 1.807) is 0 Å². The predicted molar refractivity (Wildman–Crippen MR) is 39.5 cm³/mol. The monoisotopic (exact) mass is 142 g/mol. The van der Waals surface area contributed by atoms with Crippen molar-refractivity contribution < 1.29 is 10.2 Å². The van der Waals surface area contributed by atoms with E-state index in [1.807, 2.05) is 12.2 Å². The first-order chi connectivity index (χ1) is 4.86. The molecule has 1 aliphatic carbocycles. The number of allylic oxidation sites excluding steroid dienone is 1. The molecule has 0 bridgehead atoms. The van der Waals surface area contributed by atoms with Crippen LogP contribution in [0.25, 0.3) is 0 Å². The molecule has 0 saturated heterocycles. The lowest BCUT2D eigenvalue weighted by Gasteiger charge is -2.20. The number of aliphatic hydroxyl groups excluding tert-OH is 2. The van der Waals surface area contributed by atoms with E-state index in [4.69, 9.17) is 10.2 Å². The predicted octanol–water partition coefficient (Wildman–Crippen LogP) is 0.553. The molecule has 0 aliphatic heterocycles. The summed E-state index contributed by atoms with van der Waals surface area (Å²) in [5.74, 6) is 0.660. The van der Waals surface area contributed by atoms with Gasteiger partial charge in [0.2, 0.25) is 0 Å². The molecule has 0 heterocycles. The highest BCUT2D eigenvalue weighted by Crippen LogP contribution is 2.22. The van der Waals surface area contributed by atoms with Crippen molar-refractivity contribution in [2.75, 3.05) is 13.2 Å². The second kappa shape index (κ2) is 3.74. The number of hydrogen-bond acceptors (Lipinski definition) is 2. The van der Waals surface area contributed by atoms with E-state index in [-0.39, 0.29) is 19.1 Å². The first-order valence-corrected chi connectivity index (χ1v) is 3.75. The molecule has 0 radical (unpaired) electrons. The maximum absolute atomic E-state index is 8.79. The average Bonchev–Trinajstić information content (AvgIpc) is 2.05. The minimum absolute atomic E-state index is 0.215. The van der Waals surface area contributed by atoms with E-state index < -0.39 is 0 Å². The molecule has 2 heteroatoms. The zero-order chi connectivity index (χ0) is 7.40. The van der Waals surface area contributed by atoms with Crippen molar-refractivity contribution in [3.05, 3.63) is 12.2 Å².